The van der Waals surface area contributed by atoms with Crippen LogP contribution >= 0.6 is 12.2 Å². The molecule has 2 aliphatic heterocycles. The summed E-state index contributed by atoms with van der Waals surface area (Å²) in [5.74, 6) is -2.16. The monoisotopic (exact) mass is 405 g/mol. The number of nitrogens with zero attached hydrogens (tertiary/aromatic N) is 2. The average molecular weight is 405 g/mol. The minimum atomic E-state index is -4.22. The Labute approximate surface area is 157 Å². The zero-order valence-corrected chi connectivity index (χ0v) is 15.8. The maximum atomic E-state index is 13.9. The number of halogens is 2. The first-order valence-electron chi connectivity index (χ1n) is 8.48. The second-order valence-corrected chi connectivity index (χ2v) is 8.52. The Kier molecular flexibility index (Phi) is 6.06. The Balaban J connectivity index is 1.58. The number of sulfonamides is 1. The van der Waals surface area contributed by atoms with Gasteiger partial charge in [-0.15, -0.1) is 0 Å². The Morgan fingerprint density at radius 1 is 1.23 bits per heavy atom. The van der Waals surface area contributed by atoms with Crippen molar-refractivity contribution in [3.63, 3.8) is 0 Å². The normalized spacial score (nSPS) is 21.8. The van der Waals surface area contributed by atoms with Gasteiger partial charge < -0.3 is 15.0 Å². The minimum absolute atomic E-state index is 0.109. The molecule has 0 unspecified atom stereocenters. The molecule has 1 aromatic carbocycles. The Bertz CT molecular complexity index is 742. The van der Waals surface area contributed by atoms with Gasteiger partial charge in [0.15, 0.2) is 10.0 Å². The maximum Gasteiger partial charge on any atom is 0.249 e. The van der Waals surface area contributed by atoms with Gasteiger partial charge in [0.25, 0.3) is 0 Å². The molecule has 2 fully saturated rings. The molecule has 2 aliphatic rings. The van der Waals surface area contributed by atoms with Gasteiger partial charge in [-0.3, -0.25) is 0 Å². The van der Waals surface area contributed by atoms with Crippen LogP contribution < -0.4 is 5.32 Å². The molecule has 1 atom stereocenters. The third-order valence-electron chi connectivity index (χ3n) is 4.55. The summed E-state index contributed by atoms with van der Waals surface area (Å²) in [5.41, 5.74) is 0. The summed E-state index contributed by atoms with van der Waals surface area (Å²) in [4.78, 5) is 0.959. The van der Waals surface area contributed by atoms with Crippen LogP contribution in [0.1, 0.15) is 12.8 Å². The van der Waals surface area contributed by atoms with Gasteiger partial charge in [-0.25, -0.2) is 17.2 Å². The predicted molar refractivity (Wildman–Crippen MR) is 96.3 cm³/mol. The van der Waals surface area contributed by atoms with E-state index >= 15 is 0 Å². The zero-order chi connectivity index (χ0) is 18.7. The van der Waals surface area contributed by atoms with Crippen LogP contribution in [0.25, 0.3) is 0 Å². The predicted octanol–water partition coefficient (Wildman–Crippen LogP) is 1.32. The van der Waals surface area contributed by atoms with Crippen LogP contribution in [0.5, 0.6) is 0 Å². The number of hydrogen-bond donors (Lipinski definition) is 1. The Morgan fingerprint density at radius 3 is 2.46 bits per heavy atom. The number of rotatable bonds is 4. The fraction of sp³-hybridized carbons (Fsp3) is 0.562. The van der Waals surface area contributed by atoms with Crippen molar-refractivity contribution in [1.82, 2.24) is 14.5 Å². The van der Waals surface area contributed by atoms with Crippen molar-refractivity contribution in [2.45, 2.75) is 23.8 Å². The number of ether oxygens (including phenoxy) is 1. The molecule has 144 valence electrons. The van der Waals surface area contributed by atoms with Gasteiger partial charge in [0.2, 0.25) is 10.0 Å². The van der Waals surface area contributed by atoms with E-state index in [0.29, 0.717) is 24.7 Å². The average Bonchev–Trinajstić information content (AvgIpc) is 3.13. The van der Waals surface area contributed by atoms with Crippen molar-refractivity contribution in [2.75, 3.05) is 39.3 Å². The van der Waals surface area contributed by atoms with Crippen molar-refractivity contribution in [3.05, 3.63) is 29.8 Å². The quantitative estimate of drug-likeness (QED) is 0.763. The molecule has 0 amide bonds. The summed E-state index contributed by atoms with van der Waals surface area (Å²) >= 11 is 5.35. The van der Waals surface area contributed by atoms with Crippen LogP contribution in [0.15, 0.2) is 23.1 Å². The first kappa shape index (κ1) is 19.4. The highest BCUT2D eigenvalue weighted by Crippen LogP contribution is 2.23. The highest BCUT2D eigenvalue weighted by Gasteiger charge is 2.33. The first-order valence-corrected chi connectivity index (χ1v) is 10.3. The summed E-state index contributed by atoms with van der Waals surface area (Å²) < 4.78 is 59.5. The summed E-state index contributed by atoms with van der Waals surface area (Å²) in [6.07, 6.45) is 2.19. The molecule has 1 aromatic rings. The topological polar surface area (TPSA) is 61.9 Å². The first-order chi connectivity index (χ1) is 12.4. The molecule has 2 heterocycles. The standard InChI is InChI=1S/C16H21F2N3O3S2/c17-13-4-1-5-14(18)15(13)26(22,23)21-8-6-20(7-9-21)16(25)19-11-12-3-2-10-24-12/h1,4-5,12H,2-3,6-11H2,(H,19,25)/t12-/m1/s1. The van der Waals surface area contributed by atoms with Crippen LogP contribution in [0.4, 0.5) is 8.78 Å². The lowest BCUT2D eigenvalue weighted by atomic mass is 10.2. The molecular formula is C16H21F2N3O3S2. The van der Waals surface area contributed by atoms with Gasteiger partial charge in [-0.2, -0.15) is 4.31 Å². The number of hydrogen-bond acceptors (Lipinski definition) is 4. The lowest BCUT2D eigenvalue weighted by Gasteiger charge is -2.35. The summed E-state index contributed by atoms with van der Waals surface area (Å²) in [6, 6.07) is 3.02. The fourth-order valence-corrected chi connectivity index (χ4v) is 4.90. The van der Waals surface area contributed by atoms with E-state index < -0.39 is 26.6 Å². The lowest BCUT2D eigenvalue weighted by molar-refractivity contribution is 0.113. The van der Waals surface area contributed by atoms with Gasteiger partial charge in [-0.05, 0) is 37.2 Å². The van der Waals surface area contributed by atoms with Crippen LogP contribution in [-0.4, -0.2) is 68.2 Å². The van der Waals surface area contributed by atoms with Crippen molar-refractivity contribution < 1.29 is 21.9 Å². The van der Waals surface area contributed by atoms with E-state index in [0.717, 1.165) is 42.0 Å². The van der Waals surface area contributed by atoms with E-state index in [9.17, 15) is 17.2 Å². The van der Waals surface area contributed by atoms with E-state index in [1.165, 1.54) is 0 Å². The third kappa shape index (κ3) is 4.13. The van der Waals surface area contributed by atoms with E-state index in [1.54, 1.807) is 0 Å². The highest BCUT2D eigenvalue weighted by atomic mass is 32.2. The Hall–Kier alpha value is -1.36. The molecule has 0 aliphatic carbocycles. The Morgan fingerprint density at radius 2 is 1.88 bits per heavy atom. The molecule has 2 saturated heterocycles. The van der Waals surface area contributed by atoms with E-state index in [-0.39, 0.29) is 19.2 Å². The van der Waals surface area contributed by atoms with Gasteiger partial charge in [-0.1, -0.05) is 6.07 Å². The van der Waals surface area contributed by atoms with Crippen LogP contribution in [0.2, 0.25) is 0 Å². The SMILES string of the molecule is O=S(=O)(c1c(F)cccc1F)N1CCN(C(=S)NC[C@H]2CCCO2)CC1. The van der Waals surface area contributed by atoms with Gasteiger partial charge >= 0.3 is 0 Å². The van der Waals surface area contributed by atoms with Crippen LogP contribution in [0.3, 0.4) is 0 Å². The number of piperazine rings is 1. The molecular weight excluding hydrogens is 384 g/mol. The number of thiocarbonyl (C=S) groups is 1. The summed E-state index contributed by atoms with van der Waals surface area (Å²) in [7, 11) is -4.22. The van der Waals surface area contributed by atoms with E-state index in [2.05, 4.69) is 5.32 Å². The van der Waals surface area contributed by atoms with Crippen LogP contribution in [0, 0.1) is 11.6 Å². The summed E-state index contributed by atoms with van der Waals surface area (Å²) in [6.45, 7) is 2.31. The molecule has 26 heavy (non-hydrogen) atoms. The van der Waals surface area contributed by atoms with E-state index in [1.807, 2.05) is 4.90 Å². The smallest absolute Gasteiger partial charge is 0.249 e. The molecule has 0 aromatic heterocycles. The molecule has 3 rings (SSSR count). The molecule has 0 spiro atoms. The molecule has 0 saturated carbocycles. The molecule has 6 nitrogen and oxygen atoms in total. The second-order valence-electron chi connectivity index (χ2n) is 6.26. The second kappa shape index (κ2) is 8.12. The van der Waals surface area contributed by atoms with Crippen LogP contribution in [-0.2, 0) is 14.8 Å². The fourth-order valence-electron chi connectivity index (χ4n) is 3.11. The number of benzene rings is 1. The zero-order valence-electron chi connectivity index (χ0n) is 14.2. The minimum Gasteiger partial charge on any atom is -0.376 e. The van der Waals surface area contributed by atoms with Gasteiger partial charge in [0.1, 0.15) is 11.6 Å². The summed E-state index contributed by atoms with van der Waals surface area (Å²) in [5, 5.41) is 3.68. The van der Waals surface area contributed by atoms with Crippen molar-refractivity contribution >= 4 is 27.4 Å². The van der Waals surface area contributed by atoms with E-state index in [4.69, 9.17) is 17.0 Å². The maximum absolute atomic E-state index is 13.9. The lowest BCUT2D eigenvalue weighted by Crippen LogP contribution is -2.53. The van der Waals surface area contributed by atoms with Crippen molar-refractivity contribution in [2.24, 2.45) is 0 Å². The molecule has 1 N–H and O–H groups in total. The van der Waals surface area contributed by atoms with Crippen molar-refractivity contribution in [3.8, 4) is 0 Å². The van der Waals surface area contributed by atoms with Gasteiger partial charge in [0.05, 0.1) is 6.10 Å². The molecule has 0 radical (unpaired) electrons. The largest absolute Gasteiger partial charge is 0.376 e. The highest BCUT2D eigenvalue weighted by molar-refractivity contribution is 7.89. The van der Waals surface area contributed by atoms with Crippen molar-refractivity contribution in [1.29, 1.82) is 0 Å². The molecule has 0 bridgehead atoms. The molecule has 10 heteroatoms. The number of nitrogens with one attached hydrogen (secondary N) is 1. The third-order valence-corrected chi connectivity index (χ3v) is 6.90. The van der Waals surface area contributed by atoms with Gasteiger partial charge in [0, 0.05) is 39.3 Å².